The van der Waals surface area contributed by atoms with E-state index in [1.165, 1.54) is 38.2 Å². The summed E-state index contributed by atoms with van der Waals surface area (Å²) in [5.74, 6) is 0. The first kappa shape index (κ1) is 12.8. The predicted molar refractivity (Wildman–Crippen MR) is 97.0 cm³/mol. The van der Waals surface area contributed by atoms with Gasteiger partial charge >= 0.3 is 0 Å². The minimum Gasteiger partial charge on any atom is -0.0984 e. The normalized spacial score (nSPS) is 10.9. The smallest absolute Gasteiger partial charge is 0.00208 e. The third-order valence-electron chi connectivity index (χ3n) is 4.22. The minimum absolute atomic E-state index is 1.17. The highest BCUT2D eigenvalue weighted by Crippen LogP contribution is 2.38. The van der Waals surface area contributed by atoms with Gasteiger partial charge in [-0.1, -0.05) is 85.5 Å². The van der Waals surface area contributed by atoms with Gasteiger partial charge in [-0.25, -0.2) is 0 Å². The van der Waals surface area contributed by atoms with E-state index >= 15 is 0 Å². The van der Waals surface area contributed by atoms with Crippen LogP contribution >= 0.6 is 0 Å². The molecule has 0 unspecified atom stereocenters. The van der Waals surface area contributed by atoms with Gasteiger partial charge in [-0.3, -0.25) is 0 Å². The second-order valence-electron chi connectivity index (χ2n) is 5.49. The Hall–Kier alpha value is -2.86. The van der Waals surface area contributed by atoms with Crippen LogP contribution in [0, 0.1) is 0 Å². The Kier molecular flexibility index (Phi) is 3.01. The van der Waals surface area contributed by atoms with E-state index in [-0.39, 0.29) is 0 Å². The average molecular weight is 280 g/mol. The van der Waals surface area contributed by atoms with Crippen molar-refractivity contribution < 1.29 is 0 Å². The Morgan fingerprint density at radius 2 is 1.18 bits per heavy atom. The first-order valence-corrected chi connectivity index (χ1v) is 7.51. The molecular formula is C22H16. The maximum Gasteiger partial charge on any atom is -0.00208 e. The molecule has 0 fully saturated rings. The molecule has 0 N–H and O–H groups in total. The molecule has 0 heteroatoms. The molecule has 0 saturated carbocycles. The lowest BCUT2D eigenvalue weighted by molar-refractivity contribution is 1.64. The van der Waals surface area contributed by atoms with Crippen LogP contribution in [0.2, 0.25) is 0 Å². The van der Waals surface area contributed by atoms with E-state index in [0.29, 0.717) is 0 Å². The fourth-order valence-corrected chi connectivity index (χ4v) is 3.21. The van der Waals surface area contributed by atoms with Gasteiger partial charge in [0.1, 0.15) is 0 Å². The van der Waals surface area contributed by atoms with Crippen LogP contribution in [0.1, 0.15) is 5.56 Å². The van der Waals surface area contributed by atoms with Crippen LogP contribution in [0.3, 0.4) is 0 Å². The molecule has 0 nitrogen and oxygen atoms in total. The van der Waals surface area contributed by atoms with Gasteiger partial charge in [-0.2, -0.15) is 0 Å². The predicted octanol–water partition coefficient (Wildman–Crippen LogP) is 6.30. The Balaban J connectivity index is 2.24. The molecule has 104 valence electrons. The topological polar surface area (TPSA) is 0 Å². The van der Waals surface area contributed by atoms with Crippen molar-refractivity contribution in [2.45, 2.75) is 0 Å². The van der Waals surface area contributed by atoms with Crippen LogP contribution in [0.25, 0.3) is 38.7 Å². The molecule has 0 atom stereocenters. The zero-order valence-corrected chi connectivity index (χ0v) is 12.3. The molecular weight excluding hydrogens is 264 g/mol. The van der Waals surface area contributed by atoms with E-state index in [9.17, 15) is 0 Å². The van der Waals surface area contributed by atoms with Crippen LogP contribution in [0.15, 0.2) is 85.4 Å². The molecule has 0 saturated heterocycles. The highest BCUT2D eigenvalue weighted by molar-refractivity contribution is 6.13. The highest BCUT2D eigenvalue weighted by Gasteiger charge is 2.11. The first-order chi connectivity index (χ1) is 10.9. The summed E-state index contributed by atoms with van der Waals surface area (Å²) in [5.41, 5.74) is 3.71. The van der Waals surface area contributed by atoms with Gasteiger partial charge in [-0.05, 0) is 44.3 Å². The Bertz CT molecular complexity index is 939. The van der Waals surface area contributed by atoms with Crippen molar-refractivity contribution in [1.82, 2.24) is 0 Å². The zero-order chi connectivity index (χ0) is 14.9. The van der Waals surface area contributed by atoms with Crippen LogP contribution < -0.4 is 0 Å². The van der Waals surface area contributed by atoms with Gasteiger partial charge in [-0.15, -0.1) is 0 Å². The van der Waals surface area contributed by atoms with Crippen molar-refractivity contribution in [1.29, 1.82) is 0 Å². The van der Waals surface area contributed by atoms with E-state index in [0.717, 1.165) is 0 Å². The average Bonchev–Trinajstić information content (AvgIpc) is 2.59. The molecule has 4 aromatic carbocycles. The van der Waals surface area contributed by atoms with Gasteiger partial charge in [0.15, 0.2) is 0 Å². The zero-order valence-electron chi connectivity index (χ0n) is 12.3. The summed E-state index contributed by atoms with van der Waals surface area (Å²) in [6.45, 7) is 3.98. The van der Waals surface area contributed by atoms with Gasteiger partial charge in [0.2, 0.25) is 0 Å². The Labute approximate surface area is 130 Å². The Morgan fingerprint density at radius 1 is 0.636 bits per heavy atom. The minimum atomic E-state index is 1.17. The van der Waals surface area contributed by atoms with Crippen molar-refractivity contribution in [2.75, 3.05) is 0 Å². The second kappa shape index (κ2) is 5.16. The summed E-state index contributed by atoms with van der Waals surface area (Å²) in [6, 6.07) is 27.9. The molecule has 0 aliphatic rings. The van der Waals surface area contributed by atoms with Crippen LogP contribution in [-0.2, 0) is 0 Å². The van der Waals surface area contributed by atoms with Crippen molar-refractivity contribution in [2.24, 2.45) is 0 Å². The van der Waals surface area contributed by atoms with E-state index < -0.39 is 0 Å². The molecule has 0 radical (unpaired) electrons. The maximum absolute atomic E-state index is 3.98. The van der Waals surface area contributed by atoms with Crippen molar-refractivity contribution in [3.05, 3.63) is 91.0 Å². The summed E-state index contributed by atoms with van der Waals surface area (Å²) < 4.78 is 0. The number of fused-ring (bicyclic) bond motifs is 2. The molecule has 0 aliphatic heterocycles. The van der Waals surface area contributed by atoms with Crippen molar-refractivity contribution in [3.8, 4) is 11.1 Å². The Morgan fingerprint density at radius 3 is 1.82 bits per heavy atom. The lowest BCUT2D eigenvalue weighted by atomic mass is 9.90. The quantitative estimate of drug-likeness (QED) is 0.378. The third kappa shape index (κ3) is 1.93. The van der Waals surface area contributed by atoms with E-state index in [1.807, 2.05) is 6.08 Å². The van der Waals surface area contributed by atoms with Crippen LogP contribution in [0.4, 0.5) is 0 Å². The summed E-state index contributed by atoms with van der Waals surface area (Å²) in [6.07, 6.45) is 1.94. The van der Waals surface area contributed by atoms with Crippen LogP contribution in [0.5, 0.6) is 0 Å². The molecule has 0 amide bonds. The number of benzene rings is 4. The molecule has 0 aliphatic carbocycles. The second-order valence-corrected chi connectivity index (χ2v) is 5.49. The molecule has 4 rings (SSSR count). The summed E-state index contributed by atoms with van der Waals surface area (Å²) in [4.78, 5) is 0. The fourth-order valence-electron chi connectivity index (χ4n) is 3.21. The van der Waals surface area contributed by atoms with Gasteiger partial charge < -0.3 is 0 Å². The third-order valence-corrected chi connectivity index (χ3v) is 4.22. The SMILES string of the molecule is C=Cc1ccccc1-c1c2ccccc2cc2ccccc12. The van der Waals surface area contributed by atoms with Gasteiger partial charge in [0.25, 0.3) is 0 Å². The van der Waals surface area contributed by atoms with Crippen molar-refractivity contribution in [3.63, 3.8) is 0 Å². The lowest BCUT2D eigenvalue weighted by Gasteiger charge is -2.14. The molecule has 0 bridgehead atoms. The number of rotatable bonds is 2. The van der Waals surface area contributed by atoms with Crippen molar-refractivity contribution >= 4 is 27.6 Å². The number of hydrogen-bond acceptors (Lipinski definition) is 0. The fraction of sp³-hybridized carbons (Fsp3) is 0. The van der Waals surface area contributed by atoms with Crippen LogP contribution in [-0.4, -0.2) is 0 Å². The monoisotopic (exact) mass is 280 g/mol. The summed E-state index contributed by atoms with van der Waals surface area (Å²) in [7, 11) is 0. The maximum atomic E-state index is 3.98. The molecule has 22 heavy (non-hydrogen) atoms. The standard InChI is InChI=1S/C22H16/c1-2-16-9-3-6-12-19(16)22-20-13-7-4-10-17(20)15-18-11-5-8-14-21(18)22/h2-15H,1H2. The largest absolute Gasteiger partial charge is 0.0984 e. The lowest BCUT2D eigenvalue weighted by Crippen LogP contribution is -1.88. The summed E-state index contributed by atoms with van der Waals surface area (Å²) >= 11 is 0. The van der Waals surface area contributed by atoms with E-state index in [1.54, 1.807) is 0 Å². The molecule has 0 spiro atoms. The summed E-state index contributed by atoms with van der Waals surface area (Å²) in [5, 5.41) is 5.12. The van der Waals surface area contributed by atoms with Gasteiger partial charge in [0.05, 0.1) is 0 Å². The first-order valence-electron chi connectivity index (χ1n) is 7.51. The molecule has 0 heterocycles. The van der Waals surface area contributed by atoms with Gasteiger partial charge in [0, 0.05) is 0 Å². The highest BCUT2D eigenvalue weighted by atomic mass is 14.1. The molecule has 0 aromatic heterocycles. The van der Waals surface area contributed by atoms with E-state index in [4.69, 9.17) is 0 Å². The van der Waals surface area contributed by atoms with E-state index in [2.05, 4.69) is 85.4 Å². The molecule has 4 aromatic rings. The number of hydrogen-bond donors (Lipinski definition) is 0.